The Morgan fingerprint density at radius 1 is 1.09 bits per heavy atom. The maximum Gasteiger partial charge on any atom is 0.354 e. The molecule has 5 aromatic rings. The minimum Gasteiger partial charge on any atom is -0.477 e. The standard InChI is InChI=1S/C23H17N5O4/c1-14-12-28(13-25-14)20-5-3-2-4-17(20)26-23-27-18-7-6-15(11-21(18)32-23)31-16-8-9-24-19(10-16)22(29)30/h2-13H,1H3,(H,26,27)(H,29,30). The van der Waals surface area contributed by atoms with Crippen molar-refractivity contribution in [2.24, 2.45) is 0 Å². The highest BCUT2D eigenvalue weighted by molar-refractivity contribution is 5.85. The first-order valence-corrected chi connectivity index (χ1v) is 9.70. The fourth-order valence-electron chi connectivity index (χ4n) is 3.22. The van der Waals surface area contributed by atoms with E-state index >= 15 is 0 Å². The number of nitrogens with one attached hydrogen (secondary N) is 1. The predicted octanol–water partition coefficient (Wildman–Crippen LogP) is 4.95. The minimum atomic E-state index is -1.12. The van der Waals surface area contributed by atoms with E-state index in [4.69, 9.17) is 14.3 Å². The summed E-state index contributed by atoms with van der Waals surface area (Å²) in [5, 5.41) is 12.3. The number of carbonyl (C=O) groups is 1. The molecule has 3 aromatic heterocycles. The van der Waals surface area contributed by atoms with Gasteiger partial charge in [-0.1, -0.05) is 12.1 Å². The molecule has 0 aliphatic carbocycles. The number of aryl methyl sites for hydroxylation is 1. The number of hydrogen-bond donors (Lipinski definition) is 2. The van der Waals surface area contributed by atoms with Crippen molar-refractivity contribution < 1.29 is 19.1 Å². The second-order valence-electron chi connectivity index (χ2n) is 7.00. The third-order valence-electron chi connectivity index (χ3n) is 4.68. The quantitative estimate of drug-likeness (QED) is 0.391. The molecule has 0 radical (unpaired) electrons. The third-order valence-corrected chi connectivity index (χ3v) is 4.68. The zero-order valence-corrected chi connectivity index (χ0v) is 16.9. The Balaban J connectivity index is 1.41. The molecule has 9 heteroatoms. The van der Waals surface area contributed by atoms with Crippen molar-refractivity contribution in [3.8, 4) is 17.2 Å². The molecule has 0 unspecified atom stereocenters. The van der Waals surface area contributed by atoms with Gasteiger partial charge in [-0.15, -0.1) is 0 Å². The summed E-state index contributed by atoms with van der Waals surface area (Å²) in [5.74, 6) is -0.279. The predicted molar refractivity (Wildman–Crippen MR) is 117 cm³/mol. The van der Waals surface area contributed by atoms with Crippen LogP contribution >= 0.6 is 0 Å². The van der Waals surface area contributed by atoms with Crippen LogP contribution in [0.5, 0.6) is 11.5 Å². The highest BCUT2D eigenvalue weighted by Gasteiger charge is 2.12. The molecule has 0 bridgehead atoms. The molecule has 0 amide bonds. The van der Waals surface area contributed by atoms with E-state index in [9.17, 15) is 4.79 Å². The first kappa shape index (κ1) is 19.3. The number of aromatic nitrogens is 4. The van der Waals surface area contributed by atoms with Gasteiger partial charge in [-0.3, -0.25) is 0 Å². The number of anilines is 2. The fourth-order valence-corrected chi connectivity index (χ4v) is 3.22. The summed E-state index contributed by atoms with van der Waals surface area (Å²) in [6.07, 6.45) is 5.07. The van der Waals surface area contributed by atoms with Gasteiger partial charge in [-0.25, -0.2) is 14.8 Å². The number of ether oxygens (including phenoxy) is 1. The Labute approximate surface area is 182 Å². The van der Waals surface area contributed by atoms with Crippen LogP contribution in [0.15, 0.2) is 77.7 Å². The summed E-state index contributed by atoms with van der Waals surface area (Å²) in [6.45, 7) is 1.93. The second kappa shape index (κ2) is 7.88. The Kier molecular flexibility index (Phi) is 4.75. The number of rotatable bonds is 6. The van der Waals surface area contributed by atoms with Gasteiger partial charge in [0.15, 0.2) is 11.3 Å². The van der Waals surface area contributed by atoms with E-state index < -0.39 is 5.97 Å². The molecule has 0 aliphatic heterocycles. The first-order chi connectivity index (χ1) is 15.5. The van der Waals surface area contributed by atoms with Crippen molar-refractivity contribution >= 4 is 28.8 Å². The monoisotopic (exact) mass is 427 g/mol. The van der Waals surface area contributed by atoms with Crippen LogP contribution in [-0.4, -0.2) is 30.6 Å². The van der Waals surface area contributed by atoms with Crippen molar-refractivity contribution in [3.05, 3.63) is 84.7 Å². The number of carboxylic acids is 1. The van der Waals surface area contributed by atoms with Crippen molar-refractivity contribution in [2.75, 3.05) is 5.32 Å². The van der Waals surface area contributed by atoms with Crippen LogP contribution in [0.2, 0.25) is 0 Å². The van der Waals surface area contributed by atoms with Crippen LogP contribution in [0, 0.1) is 6.92 Å². The molecular weight excluding hydrogens is 410 g/mol. The van der Waals surface area contributed by atoms with Crippen LogP contribution in [0.1, 0.15) is 16.2 Å². The van der Waals surface area contributed by atoms with Crippen LogP contribution < -0.4 is 10.1 Å². The number of para-hydroxylation sites is 2. The number of carboxylic acid groups (broad SMARTS) is 1. The molecule has 5 rings (SSSR count). The summed E-state index contributed by atoms with van der Waals surface area (Å²) in [6, 6.07) is 16.2. The number of imidazole rings is 1. The lowest BCUT2D eigenvalue weighted by Gasteiger charge is -2.09. The average Bonchev–Trinajstić information content (AvgIpc) is 3.39. The molecule has 2 aromatic carbocycles. The van der Waals surface area contributed by atoms with Crippen LogP contribution in [0.4, 0.5) is 11.7 Å². The van der Waals surface area contributed by atoms with Crippen molar-refractivity contribution in [2.45, 2.75) is 6.92 Å². The Morgan fingerprint density at radius 2 is 1.94 bits per heavy atom. The third kappa shape index (κ3) is 3.86. The number of pyridine rings is 1. The normalized spacial score (nSPS) is 10.9. The van der Waals surface area contributed by atoms with Gasteiger partial charge in [0.25, 0.3) is 6.01 Å². The molecular formula is C23H17N5O4. The lowest BCUT2D eigenvalue weighted by Crippen LogP contribution is -1.99. The molecule has 158 valence electrons. The van der Waals surface area contributed by atoms with Crippen LogP contribution in [0.3, 0.4) is 0 Å². The zero-order chi connectivity index (χ0) is 22.1. The molecule has 0 spiro atoms. The Bertz CT molecular complexity index is 1440. The van der Waals surface area contributed by atoms with E-state index in [1.54, 1.807) is 30.6 Å². The van der Waals surface area contributed by atoms with Gasteiger partial charge in [0.2, 0.25) is 0 Å². The molecule has 3 heterocycles. The van der Waals surface area contributed by atoms with Gasteiger partial charge in [0, 0.05) is 24.5 Å². The highest BCUT2D eigenvalue weighted by atomic mass is 16.5. The van der Waals surface area contributed by atoms with Crippen molar-refractivity contribution in [3.63, 3.8) is 0 Å². The van der Waals surface area contributed by atoms with E-state index in [1.165, 1.54) is 12.3 Å². The van der Waals surface area contributed by atoms with E-state index in [-0.39, 0.29) is 5.69 Å². The van der Waals surface area contributed by atoms with E-state index in [0.717, 1.165) is 17.1 Å². The molecule has 0 aliphatic rings. The Morgan fingerprint density at radius 3 is 2.75 bits per heavy atom. The van der Waals surface area contributed by atoms with Gasteiger partial charge >= 0.3 is 5.97 Å². The summed E-state index contributed by atoms with van der Waals surface area (Å²) in [7, 11) is 0. The van der Waals surface area contributed by atoms with E-state index in [1.807, 2.05) is 42.0 Å². The molecule has 0 saturated carbocycles. The van der Waals surface area contributed by atoms with Crippen LogP contribution in [0.25, 0.3) is 16.8 Å². The summed E-state index contributed by atoms with van der Waals surface area (Å²) in [5.41, 5.74) is 3.71. The number of benzene rings is 2. The zero-order valence-electron chi connectivity index (χ0n) is 16.9. The van der Waals surface area contributed by atoms with Gasteiger partial charge in [-0.05, 0) is 37.3 Å². The maximum absolute atomic E-state index is 11.1. The SMILES string of the molecule is Cc1cn(-c2ccccc2Nc2nc3ccc(Oc4ccnc(C(=O)O)c4)cc3o2)cn1. The van der Waals surface area contributed by atoms with E-state index in [2.05, 4.69) is 20.3 Å². The maximum atomic E-state index is 11.1. The number of oxazole rings is 1. The summed E-state index contributed by atoms with van der Waals surface area (Å²) >= 11 is 0. The largest absolute Gasteiger partial charge is 0.477 e. The fraction of sp³-hybridized carbons (Fsp3) is 0.0435. The highest BCUT2D eigenvalue weighted by Crippen LogP contribution is 2.30. The van der Waals surface area contributed by atoms with Crippen LogP contribution in [-0.2, 0) is 0 Å². The number of aromatic carboxylic acids is 1. The molecule has 0 fully saturated rings. The lowest BCUT2D eigenvalue weighted by molar-refractivity contribution is 0.0690. The lowest BCUT2D eigenvalue weighted by atomic mass is 10.2. The minimum absolute atomic E-state index is 0.0959. The van der Waals surface area contributed by atoms with Gasteiger partial charge in [0.1, 0.15) is 17.0 Å². The second-order valence-corrected chi connectivity index (χ2v) is 7.00. The Hall–Kier alpha value is -4.66. The number of fused-ring (bicyclic) bond motifs is 1. The smallest absolute Gasteiger partial charge is 0.354 e. The van der Waals surface area contributed by atoms with Gasteiger partial charge in [-0.2, -0.15) is 4.98 Å². The van der Waals surface area contributed by atoms with Crippen molar-refractivity contribution in [1.29, 1.82) is 0 Å². The number of hydrogen-bond acceptors (Lipinski definition) is 7. The molecule has 32 heavy (non-hydrogen) atoms. The van der Waals surface area contributed by atoms with Crippen molar-refractivity contribution in [1.82, 2.24) is 19.5 Å². The number of nitrogens with zero attached hydrogens (tertiary/aromatic N) is 4. The molecule has 9 nitrogen and oxygen atoms in total. The van der Waals surface area contributed by atoms with Gasteiger partial charge in [0.05, 0.1) is 23.4 Å². The molecule has 0 saturated heterocycles. The first-order valence-electron chi connectivity index (χ1n) is 9.70. The van der Waals surface area contributed by atoms with E-state index in [0.29, 0.717) is 28.6 Å². The molecule has 0 atom stereocenters. The average molecular weight is 427 g/mol. The molecule has 2 N–H and O–H groups in total. The summed E-state index contributed by atoms with van der Waals surface area (Å²) in [4.78, 5) is 23.6. The van der Waals surface area contributed by atoms with Gasteiger partial charge < -0.3 is 24.1 Å². The summed E-state index contributed by atoms with van der Waals surface area (Å²) < 4.78 is 13.6. The topological polar surface area (TPSA) is 115 Å².